The van der Waals surface area contributed by atoms with Crippen LogP contribution in [0.25, 0.3) is 5.69 Å². The van der Waals surface area contributed by atoms with Crippen LogP contribution in [-0.2, 0) is 4.79 Å². The quantitative estimate of drug-likeness (QED) is 0.696. The number of amides is 1. The van der Waals surface area contributed by atoms with Gasteiger partial charge in [-0.25, -0.2) is 9.67 Å². The van der Waals surface area contributed by atoms with Gasteiger partial charge in [0.1, 0.15) is 5.82 Å². The zero-order valence-electron chi connectivity index (χ0n) is 13.7. The van der Waals surface area contributed by atoms with Crippen LogP contribution in [0.15, 0.2) is 35.5 Å². The average molecular weight is 342 g/mol. The van der Waals surface area contributed by atoms with Crippen LogP contribution < -0.4 is 5.32 Å². The van der Waals surface area contributed by atoms with E-state index in [1.165, 1.54) is 11.8 Å². The van der Waals surface area contributed by atoms with E-state index in [2.05, 4.69) is 25.6 Å². The number of anilines is 1. The second-order valence-electron chi connectivity index (χ2n) is 5.33. The predicted molar refractivity (Wildman–Crippen MR) is 93.5 cm³/mol. The number of benzene rings is 1. The third kappa shape index (κ3) is 3.48. The summed E-state index contributed by atoms with van der Waals surface area (Å²) in [4.78, 5) is 16.4. The Bertz CT molecular complexity index is 855. The van der Waals surface area contributed by atoms with E-state index < -0.39 is 0 Å². The summed E-state index contributed by atoms with van der Waals surface area (Å²) in [6.45, 7) is 5.64. The summed E-state index contributed by atoms with van der Waals surface area (Å²) < 4.78 is 1.83. The summed E-state index contributed by atoms with van der Waals surface area (Å²) in [5.41, 5.74) is 3.38. The van der Waals surface area contributed by atoms with Crippen molar-refractivity contribution < 1.29 is 4.79 Å². The number of thioether (sulfide) groups is 1. The molecule has 0 atom stereocenters. The zero-order valence-corrected chi connectivity index (χ0v) is 14.5. The van der Waals surface area contributed by atoms with Gasteiger partial charge in [0.05, 0.1) is 28.5 Å². The van der Waals surface area contributed by atoms with Crippen LogP contribution in [0.5, 0.6) is 0 Å². The van der Waals surface area contributed by atoms with Gasteiger partial charge in [0.2, 0.25) is 11.1 Å². The highest BCUT2D eigenvalue weighted by Gasteiger charge is 2.15. The lowest BCUT2D eigenvalue weighted by atomic mass is 10.3. The van der Waals surface area contributed by atoms with E-state index in [-0.39, 0.29) is 11.7 Å². The highest BCUT2D eigenvalue weighted by molar-refractivity contribution is 7.99. The molecule has 1 aromatic carbocycles. The van der Waals surface area contributed by atoms with Gasteiger partial charge in [-0.3, -0.25) is 9.89 Å². The van der Waals surface area contributed by atoms with Crippen LogP contribution in [0.1, 0.15) is 17.2 Å². The second kappa shape index (κ2) is 6.88. The van der Waals surface area contributed by atoms with E-state index in [1.54, 1.807) is 0 Å². The summed E-state index contributed by atoms with van der Waals surface area (Å²) >= 11 is 1.29. The molecule has 0 fully saturated rings. The number of H-pyrrole nitrogens is 1. The number of rotatable bonds is 5. The summed E-state index contributed by atoms with van der Waals surface area (Å²) in [7, 11) is 0. The van der Waals surface area contributed by atoms with Crippen molar-refractivity contribution in [2.24, 2.45) is 0 Å². The molecule has 3 aromatic rings. The molecule has 8 heteroatoms. The minimum absolute atomic E-state index is 0.110. The van der Waals surface area contributed by atoms with Crippen molar-refractivity contribution in [1.82, 2.24) is 25.0 Å². The Balaban J connectivity index is 1.71. The van der Waals surface area contributed by atoms with Gasteiger partial charge in [0, 0.05) is 0 Å². The maximum atomic E-state index is 12.2. The molecule has 0 saturated carbocycles. The molecule has 124 valence electrons. The van der Waals surface area contributed by atoms with E-state index in [0.717, 1.165) is 28.6 Å². The second-order valence-corrected chi connectivity index (χ2v) is 6.28. The molecule has 24 heavy (non-hydrogen) atoms. The lowest BCUT2D eigenvalue weighted by Crippen LogP contribution is -2.15. The number of aryl methyl sites for hydroxylation is 2. The molecule has 1 amide bonds. The lowest BCUT2D eigenvalue weighted by Gasteiger charge is -2.06. The number of hydrogen-bond acceptors (Lipinski definition) is 5. The van der Waals surface area contributed by atoms with Gasteiger partial charge in [-0.05, 0) is 32.9 Å². The molecule has 2 N–H and O–H groups in total. The third-order valence-corrected chi connectivity index (χ3v) is 4.31. The third-order valence-electron chi connectivity index (χ3n) is 3.47. The fourth-order valence-electron chi connectivity index (χ4n) is 2.34. The molecule has 2 aromatic heterocycles. The van der Waals surface area contributed by atoms with Crippen molar-refractivity contribution in [1.29, 1.82) is 0 Å². The standard InChI is InChI=1S/C16H18N6OS/c1-10-15(11(2)22(21-10)13-7-5-4-6-8-13)18-14(23)9-24-16-17-12(3)19-20-16/h4-8H,9H2,1-3H3,(H,18,23)(H,17,19,20). The Hall–Kier alpha value is -2.61. The summed E-state index contributed by atoms with van der Waals surface area (Å²) in [5.74, 6) is 0.863. The van der Waals surface area contributed by atoms with E-state index in [9.17, 15) is 4.79 Å². The first-order valence-electron chi connectivity index (χ1n) is 7.48. The highest BCUT2D eigenvalue weighted by atomic mass is 32.2. The van der Waals surface area contributed by atoms with Crippen LogP contribution in [0.4, 0.5) is 5.69 Å². The number of nitrogens with zero attached hydrogens (tertiary/aromatic N) is 4. The largest absolute Gasteiger partial charge is 0.322 e. The molecule has 0 saturated heterocycles. The summed E-state index contributed by atoms with van der Waals surface area (Å²) in [5, 5.41) is 14.8. The molecule has 0 unspecified atom stereocenters. The molecule has 3 rings (SSSR count). The van der Waals surface area contributed by atoms with Crippen LogP contribution in [0.3, 0.4) is 0 Å². The molecule has 0 aliphatic heterocycles. The number of para-hydroxylation sites is 1. The van der Waals surface area contributed by atoms with E-state index >= 15 is 0 Å². The zero-order chi connectivity index (χ0) is 17.1. The molecule has 7 nitrogen and oxygen atoms in total. The Morgan fingerprint density at radius 2 is 2.00 bits per heavy atom. The molecule has 0 aliphatic rings. The van der Waals surface area contributed by atoms with Gasteiger partial charge >= 0.3 is 0 Å². The predicted octanol–water partition coefficient (Wildman–Crippen LogP) is 2.65. The fourth-order valence-corrected chi connectivity index (χ4v) is 2.98. The molecule has 0 aliphatic carbocycles. The van der Waals surface area contributed by atoms with Crippen molar-refractivity contribution >= 4 is 23.4 Å². The summed E-state index contributed by atoms with van der Waals surface area (Å²) in [6, 6.07) is 9.83. The normalized spacial score (nSPS) is 10.8. The first kappa shape index (κ1) is 16.3. The Labute approximate surface area is 143 Å². The van der Waals surface area contributed by atoms with Crippen LogP contribution >= 0.6 is 11.8 Å². The first-order chi connectivity index (χ1) is 11.5. The van der Waals surface area contributed by atoms with E-state index in [1.807, 2.05) is 55.8 Å². The van der Waals surface area contributed by atoms with E-state index in [4.69, 9.17) is 0 Å². The average Bonchev–Trinajstić information content (AvgIpc) is 3.12. The Morgan fingerprint density at radius 1 is 1.25 bits per heavy atom. The molecule has 0 bridgehead atoms. The van der Waals surface area contributed by atoms with Gasteiger partial charge < -0.3 is 5.32 Å². The number of carbonyl (C=O) groups excluding carboxylic acids is 1. The van der Waals surface area contributed by atoms with Gasteiger partial charge in [0.15, 0.2) is 0 Å². The molecular formula is C16H18N6OS. The van der Waals surface area contributed by atoms with Crippen LogP contribution in [-0.4, -0.2) is 36.6 Å². The van der Waals surface area contributed by atoms with Crippen molar-refractivity contribution in [2.45, 2.75) is 25.9 Å². The van der Waals surface area contributed by atoms with Crippen molar-refractivity contribution in [3.05, 3.63) is 47.5 Å². The molecular weight excluding hydrogens is 324 g/mol. The van der Waals surface area contributed by atoms with Crippen molar-refractivity contribution in [2.75, 3.05) is 11.1 Å². The number of nitrogens with one attached hydrogen (secondary N) is 2. The first-order valence-corrected chi connectivity index (χ1v) is 8.46. The van der Waals surface area contributed by atoms with Gasteiger partial charge in [0.25, 0.3) is 0 Å². The lowest BCUT2D eigenvalue weighted by molar-refractivity contribution is -0.113. The van der Waals surface area contributed by atoms with Gasteiger partial charge in [-0.15, -0.1) is 5.10 Å². The number of hydrogen-bond donors (Lipinski definition) is 2. The van der Waals surface area contributed by atoms with Gasteiger partial charge in [-0.2, -0.15) is 5.10 Å². The minimum atomic E-state index is -0.110. The van der Waals surface area contributed by atoms with Crippen molar-refractivity contribution in [3.63, 3.8) is 0 Å². The number of carbonyl (C=O) groups is 1. The Kier molecular flexibility index (Phi) is 4.66. The van der Waals surface area contributed by atoms with E-state index in [0.29, 0.717) is 5.16 Å². The molecule has 0 radical (unpaired) electrons. The highest BCUT2D eigenvalue weighted by Crippen LogP contribution is 2.23. The maximum Gasteiger partial charge on any atom is 0.234 e. The monoisotopic (exact) mass is 342 g/mol. The van der Waals surface area contributed by atoms with Gasteiger partial charge in [-0.1, -0.05) is 30.0 Å². The van der Waals surface area contributed by atoms with Crippen LogP contribution in [0.2, 0.25) is 0 Å². The molecule has 0 spiro atoms. The minimum Gasteiger partial charge on any atom is -0.322 e. The molecule has 2 heterocycles. The number of aromatic amines is 1. The fraction of sp³-hybridized carbons (Fsp3) is 0.250. The SMILES string of the molecule is Cc1nc(SCC(=O)Nc2c(C)nn(-c3ccccc3)c2C)n[nH]1. The maximum absolute atomic E-state index is 12.2. The van der Waals surface area contributed by atoms with Crippen molar-refractivity contribution in [3.8, 4) is 5.69 Å². The topological polar surface area (TPSA) is 88.5 Å². The Morgan fingerprint density at radius 3 is 2.67 bits per heavy atom. The van der Waals surface area contributed by atoms with Crippen LogP contribution in [0, 0.1) is 20.8 Å². The smallest absolute Gasteiger partial charge is 0.234 e. The summed E-state index contributed by atoms with van der Waals surface area (Å²) in [6.07, 6.45) is 0. The number of aromatic nitrogens is 5.